The molecule has 0 bridgehead atoms. The summed E-state index contributed by atoms with van der Waals surface area (Å²) >= 11 is 0. The molecule has 5 nitrogen and oxygen atoms in total. The minimum absolute atomic E-state index is 0.174. The lowest BCUT2D eigenvalue weighted by Crippen LogP contribution is -2.29. The second-order valence-electron chi connectivity index (χ2n) is 4.66. The van der Waals surface area contributed by atoms with Gasteiger partial charge in [-0.25, -0.2) is 4.99 Å². The summed E-state index contributed by atoms with van der Waals surface area (Å²) in [5.41, 5.74) is 1.90. The van der Waals surface area contributed by atoms with Crippen molar-refractivity contribution in [1.29, 1.82) is 0 Å². The van der Waals surface area contributed by atoms with Crippen LogP contribution >= 0.6 is 0 Å². The van der Waals surface area contributed by atoms with E-state index in [0.717, 1.165) is 11.1 Å². The zero-order valence-corrected chi connectivity index (χ0v) is 12.8. The third kappa shape index (κ3) is 3.07. The molecule has 1 amide bonds. The molecule has 2 rings (SSSR count). The molecule has 0 unspecified atom stereocenters. The molecule has 1 aromatic carbocycles. The van der Waals surface area contributed by atoms with E-state index in [9.17, 15) is 4.79 Å². The highest BCUT2D eigenvalue weighted by atomic mass is 16.5. The van der Waals surface area contributed by atoms with Gasteiger partial charge in [0.2, 0.25) is 0 Å². The zero-order valence-electron chi connectivity index (χ0n) is 12.8. The first-order chi connectivity index (χ1) is 10.1. The van der Waals surface area contributed by atoms with Crippen LogP contribution in [0.4, 0.5) is 0 Å². The molecule has 1 aromatic rings. The van der Waals surface area contributed by atoms with Gasteiger partial charge in [0.15, 0.2) is 5.76 Å². The highest BCUT2D eigenvalue weighted by Gasteiger charge is 2.33. The van der Waals surface area contributed by atoms with Crippen molar-refractivity contribution in [2.45, 2.75) is 20.8 Å². The largest absolute Gasteiger partial charge is 0.496 e. The predicted molar refractivity (Wildman–Crippen MR) is 82.2 cm³/mol. The first-order valence-electron chi connectivity index (χ1n) is 7.01. The maximum Gasteiger partial charge on any atom is 0.300 e. The number of hydrogen-bond acceptors (Lipinski definition) is 4. The Balaban J connectivity index is 2.38. The second kappa shape index (κ2) is 6.43. The number of amides is 1. The number of carbonyl (C=O) groups is 1. The van der Waals surface area contributed by atoms with Crippen LogP contribution in [-0.2, 0) is 9.53 Å². The molecule has 0 N–H and O–H groups in total. The number of carbonyl (C=O) groups excluding carboxylic acids is 1. The van der Waals surface area contributed by atoms with E-state index in [1.807, 2.05) is 39.0 Å². The van der Waals surface area contributed by atoms with E-state index in [2.05, 4.69) is 4.99 Å². The van der Waals surface area contributed by atoms with E-state index in [0.29, 0.717) is 24.9 Å². The molecule has 0 saturated carbocycles. The zero-order chi connectivity index (χ0) is 15.4. The van der Waals surface area contributed by atoms with Crippen LogP contribution in [-0.4, -0.2) is 37.0 Å². The van der Waals surface area contributed by atoms with Gasteiger partial charge in [-0.2, -0.15) is 0 Å². The Kier molecular flexibility index (Phi) is 4.62. The number of ether oxygens (including phenoxy) is 2. The maximum absolute atomic E-state index is 12.3. The third-order valence-corrected chi connectivity index (χ3v) is 3.17. The van der Waals surface area contributed by atoms with Crippen LogP contribution in [0.25, 0.3) is 6.08 Å². The van der Waals surface area contributed by atoms with Crippen molar-refractivity contribution in [3.8, 4) is 5.75 Å². The van der Waals surface area contributed by atoms with Gasteiger partial charge in [0.05, 0.1) is 7.11 Å². The van der Waals surface area contributed by atoms with Crippen LogP contribution in [0.1, 0.15) is 25.0 Å². The van der Waals surface area contributed by atoms with E-state index in [4.69, 9.17) is 9.47 Å². The minimum atomic E-state index is -0.174. The number of rotatable bonds is 4. The Bertz CT molecular complexity index is 606. The lowest BCUT2D eigenvalue weighted by molar-refractivity contribution is -0.122. The van der Waals surface area contributed by atoms with Crippen LogP contribution in [0.15, 0.2) is 29.0 Å². The Morgan fingerprint density at radius 2 is 2.14 bits per heavy atom. The van der Waals surface area contributed by atoms with Gasteiger partial charge >= 0.3 is 0 Å². The molecular weight excluding hydrogens is 268 g/mol. The summed E-state index contributed by atoms with van der Waals surface area (Å²) in [7, 11) is 1.61. The van der Waals surface area contributed by atoms with Gasteiger partial charge in [-0.1, -0.05) is 12.1 Å². The second-order valence-corrected chi connectivity index (χ2v) is 4.66. The van der Waals surface area contributed by atoms with Crippen molar-refractivity contribution in [3.05, 3.63) is 35.1 Å². The summed E-state index contributed by atoms with van der Waals surface area (Å²) < 4.78 is 10.9. The highest BCUT2D eigenvalue weighted by Crippen LogP contribution is 2.26. The molecule has 1 aliphatic rings. The molecule has 0 aliphatic carbocycles. The van der Waals surface area contributed by atoms with Crippen LogP contribution < -0.4 is 4.74 Å². The van der Waals surface area contributed by atoms with Crippen molar-refractivity contribution in [2.75, 3.05) is 20.2 Å². The lowest BCUT2D eigenvalue weighted by Gasteiger charge is -2.08. The number of hydrogen-bond donors (Lipinski definition) is 0. The van der Waals surface area contributed by atoms with Gasteiger partial charge < -0.3 is 9.47 Å². The summed E-state index contributed by atoms with van der Waals surface area (Å²) in [5, 5.41) is 0. The van der Waals surface area contributed by atoms with Crippen LogP contribution in [0.5, 0.6) is 5.75 Å². The average Bonchev–Trinajstić information content (AvgIpc) is 2.76. The normalized spacial score (nSPS) is 18.5. The van der Waals surface area contributed by atoms with Crippen LogP contribution in [0.2, 0.25) is 0 Å². The number of aryl methyl sites for hydroxylation is 1. The van der Waals surface area contributed by atoms with Crippen LogP contribution in [0, 0.1) is 6.92 Å². The quantitative estimate of drug-likeness (QED) is 0.800. The molecule has 0 radical (unpaired) electrons. The van der Waals surface area contributed by atoms with Gasteiger partial charge in [-0.3, -0.25) is 9.69 Å². The standard InChI is InChI=1S/C16H20N2O3/c1-5-17-16-18(6-2)15(19)14(21-16)10-12-8-7-11(3)9-13(12)20-4/h7-10H,5-6H2,1-4H3/b14-10+,17-16?. The van der Waals surface area contributed by atoms with E-state index < -0.39 is 0 Å². The molecule has 1 fully saturated rings. The highest BCUT2D eigenvalue weighted by molar-refractivity contribution is 6.11. The van der Waals surface area contributed by atoms with Crippen molar-refractivity contribution >= 4 is 18.0 Å². The third-order valence-electron chi connectivity index (χ3n) is 3.17. The summed E-state index contributed by atoms with van der Waals surface area (Å²) in [6.07, 6.45) is 1.70. The SMILES string of the molecule is CCN=C1O/C(=C/c2ccc(C)cc2OC)C(=O)N1CC. The first kappa shape index (κ1) is 15.1. The first-order valence-corrected chi connectivity index (χ1v) is 7.01. The van der Waals surface area contributed by atoms with Gasteiger partial charge in [0.25, 0.3) is 11.9 Å². The van der Waals surface area contributed by atoms with Gasteiger partial charge in [0.1, 0.15) is 5.75 Å². The number of benzene rings is 1. The molecule has 1 aliphatic heterocycles. The predicted octanol–water partition coefficient (Wildman–Crippen LogP) is 2.60. The Labute approximate surface area is 124 Å². The fourth-order valence-corrected chi connectivity index (χ4v) is 2.12. The molecule has 21 heavy (non-hydrogen) atoms. The monoisotopic (exact) mass is 288 g/mol. The lowest BCUT2D eigenvalue weighted by atomic mass is 10.1. The summed E-state index contributed by atoms with van der Waals surface area (Å²) in [4.78, 5) is 18.0. The number of amidine groups is 1. The summed E-state index contributed by atoms with van der Waals surface area (Å²) in [6.45, 7) is 6.88. The Morgan fingerprint density at radius 1 is 1.38 bits per heavy atom. The molecule has 5 heteroatoms. The molecule has 0 aromatic heterocycles. The van der Waals surface area contributed by atoms with Crippen molar-refractivity contribution in [3.63, 3.8) is 0 Å². The van der Waals surface area contributed by atoms with Crippen molar-refractivity contribution < 1.29 is 14.3 Å². The number of methoxy groups -OCH3 is 1. The van der Waals surface area contributed by atoms with Crippen LogP contribution in [0.3, 0.4) is 0 Å². The average molecular weight is 288 g/mol. The molecule has 112 valence electrons. The van der Waals surface area contributed by atoms with E-state index in [-0.39, 0.29) is 11.7 Å². The summed E-state index contributed by atoms with van der Waals surface area (Å²) in [5.74, 6) is 0.807. The van der Waals surface area contributed by atoms with E-state index >= 15 is 0 Å². The fourth-order valence-electron chi connectivity index (χ4n) is 2.12. The molecule has 1 heterocycles. The molecule has 0 spiro atoms. The maximum atomic E-state index is 12.3. The molecular formula is C16H20N2O3. The fraction of sp³-hybridized carbons (Fsp3) is 0.375. The topological polar surface area (TPSA) is 51.1 Å². The summed E-state index contributed by atoms with van der Waals surface area (Å²) in [6, 6.07) is 6.16. The number of likely N-dealkylation sites (N-methyl/N-ethyl adjacent to an activating group) is 1. The van der Waals surface area contributed by atoms with Gasteiger partial charge in [-0.15, -0.1) is 0 Å². The molecule has 1 saturated heterocycles. The van der Waals surface area contributed by atoms with E-state index in [1.54, 1.807) is 13.2 Å². The number of nitrogens with zero attached hydrogens (tertiary/aromatic N) is 2. The Morgan fingerprint density at radius 3 is 2.76 bits per heavy atom. The molecule has 0 atom stereocenters. The Hall–Kier alpha value is -2.30. The number of aliphatic imine (C=N–C) groups is 1. The van der Waals surface area contributed by atoms with Crippen molar-refractivity contribution in [2.24, 2.45) is 4.99 Å². The minimum Gasteiger partial charge on any atom is -0.496 e. The smallest absolute Gasteiger partial charge is 0.300 e. The van der Waals surface area contributed by atoms with Gasteiger partial charge in [0, 0.05) is 18.7 Å². The van der Waals surface area contributed by atoms with Crippen molar-refractivity contribution in [1.82, 2.24) is 4.90 Å². The van der Waals surface area contributed by atoms with E-state index in [1.165, 1.54) is 4.90 Å². The van der Waals surface area contributed by atoms with Gasteiger partial charge in [-0.05, 0) is 38.5 Å².